The molecule has 0 saturated heterocycles. The number of phenolic OH excluding ortho intramolecular Hbond substituents is 1. The molecule has 4 nitrogen and oxygen atoms in total. The minimum Gasteiger partial charge on any atom is -0.507 e. The molecule has 354 valence electrons. The zero-order valence-electron chi connectivity index (χ0n) is 42.9. The van der Waals surface area contributed by atoms with Crippen LogP contribution in [-0.4, -0.2) is 19.6 Å². The average Bonchev–Trinajstić information content (AvgIpc) is 3.89. The summed E-state index contributed by atoms with van der Waals surface area (Å²) in [6, 6.07) is 48.0. The maximum absolute atomic E-state index is 12.8. The zero-order chi connectivity index (χ0) is 48.4. The Morgan fingerprint density at radius 2 is 1.20 bits per heavy atom. The summed E-state index contributed by atoms with van der Waals surface area (Å²) < 4.78 is 2.43. The number of fused-ring (bicyclic) bond motifs is 6. The van der Waals surface area contributed by atoms with Gasteiger partial charge in [-0.25, -0.2) is 4.98 Å². The minimum absolute atomic E-state index is 0. The second kappa shape index (κ2) is 16.9. The van der Waals surface area contributed by atoms with Gasteiger partial charge in [0.15, 0.2) is 0 Å². The van der Waals surface area contributed by atoms with Crippen molar-refractivity contribution in [3.8, 4) is 56.3 Å². The summed E-state index contributed by atoms with van der Waals surface area (Å²) in [5, 5.41) is 12.8. The van der Waals surface area contributed by atoms with Gasteiger partial charge in [0.2, 0.25) is 0 Å². The van der Waals surface area contributed by atoms with E-state index in [4.69, 9.17) is 9.97 Å². The van der Waals surface area contributed by atoms with Gasteiger partial charge in [-0.3, -0.25) is 9.55 Å². The monoisotopic (exact) mass is 1090 g/mol. The van der Waals surface area contributed by atoms with Crippen LogP contribution >= 0.6 is 0 Å². The Bertz CT molecular complexity index is 3320. The van der Waals surface area contributed by atoms with Gasteiger partial charge in [0, 0.05) is 43.9 Å². The molecule has 2 heterocycles. The molecule has 69 heavy (non-hydrogen) atoms. The summed E-state index contributed by atoms with van der Waals surface area (Å²) >= 11 is 0. The Hall–Kier alpha value is -5.83. The van der Waals surface area contributed by atoms with Crippen molar-refractivity contribution in [3.63, 3.8) is 0 Å². The predicted octanol–water partition coefficient (Wildman–Crippen LogP) is 16.8. The summed E-state index contributed by atoms with van der Waals surface area (Å²) in [7, 11) is 0. The SMILES string of the molecule is CC(C)c1cc(-c2ccccc2)cc(C(C)C)c1-n1c(-c2cc(C(C)(C)C)cc(C(C)(C)C)c2O)nc2c3c(ccc21)C(C)(C)C1=C3c2[c-]c(-c3cc(-c4ccccc4)ccn3)ccc2C1(C)C.[Pt]. The molecule has 8 aromatic rings. The smallest absolute Gasteiger partial charge is 0.149 e. The van der Waals surface area contributed by atoms with Gasteiger partial charge in [0.1, 0.15) is 11.6 Å². The Morgan fingerprint density at radius 3 is 1.78 bits per heavy atom. The second-order valence-corrected chi connectivity index (χ2v) is 23.2. The van der Waals surface area contributed by atoms with Crippen LogP contribution in [0.4, 0.5) is 0 Å². The number of nitrogens with zero attached hydrogens (tertiary/aromatic N) is 3. The number of phenols is 1. The van der Waals surface area contributed by atoms with Gasteiger partial charge in [-0.1, -0.05) is 193 Å². The molecular weight excluding hydrogens is 1020 g/mol. The van der Waals surface area contributed by atoms with Crippen LogP contribution in [-0.2, 0) is 42.7 Å². The van der Waals surface area contributed by atoms with E-state index in [1.165, 1.54) is 44.5 Å². The predicted molar refractivity (Wildman–Crippen MR) is 285 cm³/mol. The molecule has 2 aromatic heterocycles. The Labute approximate surface area is 425 Å². The Balaban J connectivity index is 0.00000593. The largest absolute Gasteiger partial charge is 0.507 e. The fourth-order valence-electron chi connectivity index (χ4n) is 11.5. The molecule has 2 aliphatic carbocycles. The topological polar surface area (TPSA) is 50.9 Å². The number of hydrogen-bond donors (Lipinski definition) is 1. The molecule has 0 spiro atoms. The average molecular weight is 1090 g/mol. The molecule has 1 N–H and O–H groups in total. The van der Waals surface area contributed by atoms with Crippen molar-refractivity contribution >= 4 is 16.6 Å². The van der Waals surface area contributed by atoms with E-state index in [1.807, 2.05) is 6.20 Å². The van der Waals surface area contributed by atoms with Crippen LogP contribution < -0.4 is 0 Å². The maximum atomic E-state index is 12.8. The molecule has 5 heteroatoms. The third-order valence-electron chi connectivity index (χ3n) is 15.0. The third-order valence-corrected chi connectivity index (χ3v) is 15.0. The van der Waals surface area contributed by atoms with Gasteiger partial charge in [0.05, 0.1) is 22.3 Å². The maximum Gasteiger partial charge on any atom is 0.149 e. The number of hydrogen-bond acceptors (Lipinski definition) is 3. The van der Waals surface area contributed by atoms with Gasteiger partial charge in [-0.2, -0.15) is 0 Å². The van der Waals surface area contributed by atoms with Crippen molar-refractivity contribution in [1.29, 1.82) is 0 Å². The summed E-state index contributed by atoms with van der Waals surface area (Å²) in [5.74, 6) is 1.40. The summed E-state index contributed by atoms with van der Waals surface area (Å²) in [6.07, 6.45) is 1.91. The van der Waals surface area contributed by atoms with Gasteiger partial charge < -0.3 is 5.11 Å². The number of pyridine rings is 1. The number of allylic oxidation sites excluding steroid dienone is 1. The molecule has 0 fully saturated rings. The van der Waals surface area contributed by atoms with Crippen molar-refractivity contribution in [2.45, 2.75) is 130 Å². The molecule has 2 aliphatic rings. The molecule has 0 unspecified atom stereocenters. The van der Waals surface area contributed by atoms with Crippen molar-refractivity contribution in [1.82, 2.24) is 14.5 Å². The molecule has 0 amide bonds. The quantitative estimate of drug-likeness (QED) is 0.162. The normalized spacial score (nSPS) is 14.9. The van der Waals surface area contributed by atoms with Crippen LogP contribution in [0.2, 0.25) is 0 Å². The van der Waals surface area contributed by atoms with Crippen molar-refractivity contribution in [2.75, 3.05) is 0 Å². The zero-order valence-corrected chi connectivity index (χ0v) is 45.2. The van der Waals surface area contributed by atoms with Crippen LogP contribution in [0.15, 0.2) is 133 Å². The second-order valence-electron chi connectivity index (χ2n) is 23.2. The molecule has 0 radical (unpaired) electrons. The first-order chi connectivity index (χ1) is 32.1. The van der Waals surface area contributed by atoms with Crippen LogP contribution in [0.1, 0.15) is 153 Å². The summed E-state index contributed by atoms with van der Waals surface area (Å²) in [4.78, 5) is 10.9. The molecule has 0 bridgehead atoms. The Morgan fingerprint density at radius 1 is 0.623 bits per heavy atom. The van der Waals surface area contributed by atoms with E-state index in [2.05, 4.69) is 229 Å². The van der Waals surface area contributed by atoms with Crippen molar-refractivity contribution in [3.05, 3.63) is 184 Å². The number of benzene rings is 6. The van der Waals surface area contributed by atoms with Crippen molar-refractivity contribution in [2.24, 2.45) is 0 Å². The first-order valence-corrected chi connectivity index (χ1v) is 24.6. The van der Waals surface area contributed by atoms with Gasteiger partial charge >= 0.3 is 0 Å². The van der Waals surface area contributed by atoms with E-state index in [0.717, 1.165) is 72.7 Å². The molecule has 0 aliphatic heterocycles. The van der Waals surface area contributed by atoms with Crippen LogP contribution in [0.25, 0.3) is 67.2 Å². The van der Waals surface area contributed by atoms with E-state index in [0.29, 0.717) is 0 Å². The summed E-state index contributed by atoms with van der Waals surface area (Å²) in [6.45, 7) is 32.1. The van der Waals surface area contributed by atoms with Crippen LogP contribution in [0.5, 0.6) is 5.75 Å². The standard InChI is InChI=1S/C64H66N3O.Pt/c1-37(2)45-32-43(40-23-19-16-20-24-40)33-46(38(3)4)57(45)67-53-28-27-50-55(56(53)66-60(67)48-35-44(61(5,6)7)36-51(58(48)68)62(8,9)10)54-47-31-42(25-26-49(47)63(11,12)59(54)64(50,13)14)52-34-41(29-30-65-52)39-21-17-15-18-22-39;/h15-30,32-38,68H,1-14H3;/q-1;. The molecule has 0 atom stereocenters. The van der Waals surface area contributed by atoms with Crippen molar-refractivity contribution < 1.29 is 26.2 Å². The van der Waals surface area contributed by atoms with E-state index in [-0.39, 0.29) is 60.3 Å². The van der Waals surface area contributed by atoms with E-state index >= 15 is 0 Å². The fraction of sp³-hybridized carbons (Fsp3) is 0.312. The van der Waals surface area contributed by atoms with Crippen LogP contribution in [0.3, 0.4) is 0 Å². The minimum atomic E-state index is -0.326. The molecule has 0 saturated carbocycles. The van der Waals surface area contributed by atoms with Gasteiger partial charge in [-0.05, 0) is 108 Å². The number of aromatic hydroxyl groups is 1. The van der Waals surface area contributed by atoms with E-state index in [1.54, 1.807) is 0 Å². The van der Waals surface area contributed by atoms with E-state index in [9.17, 15) is 5.11 Å². The number of imidazole rings is 1. The first kappa shape index (κ1) is 48.2. The number of aromatic nitrogens is 3. The Kier molecular flexibility index (Phi) is 11.8. The van der Waals surface area contributed by atoms with Gasteiger partial charge in [-0.15, -0.1) is 29.3 Å². The molecular formula is C64H66N3OPt-. The fourth-order valence-corrected chi connectivity index (χ4v) is 11.5. The third kappa shape index (κ3) is 7.77. The van der Waals surface area contributed by atoms with Gasteiger partial charge in [0.25, 0.3) is 0 Å². The molecule has 10 rings (SSSR count). The number of rotatable bonds is 7. The molecule has 6 aromatic carbocycles. The summed E-state index contributed by atoms with van der Waals surface area (Å²) in [5.41, 5.74) is 21.3. The van der Waals surface area contributed by atoms with E-state index < -0.39 is 0 Å². The first-order valence-electron chi connectivity index (χ1n) is 24.6. The van der Waals surface area contributed by atoms with Crippen LogP contribution in [0, 0.1) is 6.07 Å².